The van der Waals surface area contributed by atoms with Gasteiger partial charge in [-0.1, -0.05) is 12.1 Å². The predicted molar refractivity (Wildman–Crippen MR) is 104 cm³/mol. The first kappa shape index (κ1) is 21.3. The Labute approximate surface area is 169 Å². The zero-order valence-corrected chi connectivity index (χ0v) is 17.3. The van der Waals surface area contributed by atoms with Gasteiger partial charge in [0.1, 0.15) is 17.7 Å². The summed E-state index contributed by atoms with van der Waals surface area (Å²) in [5.41, 5.74) is 0.672. The zero-order chi connectivity index (χ0) is 21.0. The highest BCUT2D eigenvalue weighted by Crippen LogP contribution is 2.23. The monoisotopic (exact) mass is 424 g/mol. The van der Waals surface area contributed by atoms with E-state index in [9.17, 15) is 17.6 Å². The van der Waals surface area contributed by atoms with Crippen LogP contribution in [0, 0.1) is 18.7 Å². The topological polar surface area (TPSA) is 110 Å². The highest BCUT2D eigenvalue weighted by Gasteiger charge is 2.32. The number of nitrogens with zero attached hydrogens (tertiary/aromatic N) is 5. The van der Waals surface area contributed by atoms with Crippen LogP contribution in [-0.4, -0.2) is 65.3 Å². The van der Waals surface area contributed by atoms with Crippen LogP contribution in [0.25, 0.3) is 0 Å². The molecule has 0 radical (unpaired) electrons. The molecule has 1 N–H and O–H groups in total. The molecule has 1 saturated heterocycles. The van der Waals surface area contributed by atoms with E-state index in [1.165, 1.54) is 16.8 Å². The Morgan fingerprint density at radius 3 is 2.86 bits per heavy atom. The van der Waals surface area contributed by atoms with E-state index in [1.54, 1.807) is 24.0 Å². The number of nitrogens with one attached hydrogen (secondary N) is 1. The maximum absolute atomic E-state index is 13.6. The molecule has 3 rings (SSSR count). The summed E-state index contributed by atoms with van der Waals surface area (Å²) in [6.07, 6.45) is 2.99. The van der Waals surface area contributed by atoms with Crippen LogP contribution < -0.4 is 4.72 Å². The van der Waals surface area contributed by atoms with Gasteiger partial charge in [-0.25, -0.2) is 22.2 Å². The molecule has 9 nitrogen and oxygen atoms in total. The Morgan fingerprint density at radius 2 is 2.21 bits per heavy atom. The minimum Gasteiger partial charge on any atom is -0.341 e. The first-order valence-corrected chi connectivity index (χ1v) is 11.3. The molecule has 11 heteroatoms. The predicted octanol–water partition coefficient (Wildman–Crippen LogP) is 0.692. The maximum Gasteiger partial charge on any atom is 0.247 e. The number of aryl methyl sites for hydroxylation is 1. The molecule has 0 bridgehead atoms. The summed E-state index contributed by atoms with van der Waals surface area (Å²) < 4.78 is 40.4. The lowest BCUT2D eigenvalue weighted by Gasteiger charge is -2.35. The SMILES string of the molecule is Cc1nnnn1C(Cc1cccc(F)c1)C(=O)N1CCCC(CNS(C)(=O)=O)C1. The van der Waals surface area contributed by atoms with Gasteiger partial charge in [-0.05, 0) is 53.8 Å². The molecule has 2 heterocycles. The minimum atomic E-state index is -3.28. The van der Waals surface area contributed by atoms with Crippen molar-refractivity contribution in [3.05, 3.63) is 41.5 Å². The van der Waals surface area contributed by atoms with Crippen molar-refractivity contribution in [1.82, 2.24) is 29.8 Å². The Bertz CT molecular complexity index is 964. The van der Waals surface area contributed by atoms with E-state index in [2.05, 4.69) is 20.2 Å². The number of amides is 1. The fraction of sp³-hybridized carbons (Fsp3) is 0.556. The minimum absolute atomic E-state index is 0.0345. The fourth-order valence-corrected chi connectivity index (χ4v) is 4.14. The van der Waals surface area contributed by atoms with Crippen LogP contribution in [0.1, 0.15) is 30.3 Å². The number of hydrogen-bond acceptors (Lipinski definition) is 6. The number of tetrazole rings is 1. The van der Waals surface area contributed by atoms with Gasteiger partial charge in [0.15, 0.2) is 0 Å². The summed E-state index contributed by atoms with van der Waals surface area (Å²) in [4.78, 5) is 15.1. The van der Waals surface area contributed by atoms with Crippen molar-refractivity contribution in [3.8, 4) is 0 Å². The normalized spacial score (nSPS) is 18.6. The number of piperidine rings is 1. The molecule has 158 valence electrons. The van der Waals surface area contributed by atoms with Crippen molar-refractivity contribution in [2.75, 3.05) is 25.9 Å². The van der Waals surface area contributed by atoms with E-state index in [1.807, 2.05) is 0 Å². The first-order valence-electron chi connectivity index (χ1n) is 9.45. The van der Waals surface area contributed by atoms with Crippen LogP contribution in [0.15, 0.2) is 24.3 Å². The van der Waals surface area contributed by atoms with E-state index in [4.69, 9.17) is 0 Å². The lowest BCUT2D eigenvalue weighted by Crippen LogP contribution is -2.46. The number of carbonyl (C=O) groups excluding carboxylic acids is 1. The Balaban J connectivity index is 1.78. The standard InChI is InChI=1S/C18H25FN6O3S/c1-13-21-22-23-25(13)17(10-14-5-3-7-16(19)9-14)18(26)24-8-4-6-15(12-24)11-20-29(2,27)28/h3,5,7,9,15,17,20H,4,6,8,10-12H2,1-2H3. The van der Waals surface area contributed by atoms with Crippen LogP contribution in [-0.2, 0) is 21.2 Å². The molecule has 1 aromatic carbocycles. The van der Waals surface area contributed by atoms with Crippen molar-refractivity contribution in [2.24, 2.45) is 5.92 Å². The average Bonchev–Trinajstić information content (AvgIpc) is 3.09. The van der Waals surface area contributed by atoms with Crippen LogP contribution in [0.3, 0.4) is 0 Å². The summed E-state index contributed by atoms with van der Waals surface area (Å²) in [7, 11) is -3.28. The van der Waals surface area contributed by atoms with Gasteiger partial charge < -0.3 is 4.90 Å². The summed E-state index contributed by atoms with van der Waals surface area (Å²) >= 11 is 0. The summed E-state index contributed by atoms with van der Waals surface area (Å²) in [5, 5.41) is 11.5. The van der Waals surface area contributed by atoms with E-state index in [-0.39, 0.29) is 24.1 Å². The Hall–Kier alpha value is -2.40. The molecule has 0 spiro atoms. The summed E-state index contributed by atoms with van der Waals surface area (Å²) in [6, 6.07) is 5.42. The maximum atomic E-state index is 13.6. The molecule has 1 aliphatic rings. The third kappa shape index (κ3) is 5.80. The number of likely N-dealkylation sites (tertiary alicyclic amines) is 1. The lowest BCUT2D eigenvalue weighted by molar-refractivity contribution is -0.137. The summed E-state index contributed by atoms with van der Waals surface area (Å²) in [5.74, 6) is 0.00000699. The smallest absolute Gasteiger partial charge is 0.247 e. The second-order valence-corrected chi connectivity index (χ2v) is 9.27. The second kappa shape index (κ2) is 8.95. The van der Waals surface area contributed by atoms with Crippen molar-refractivity contribution >= 4 is 15.9 Å². The van der Waals surface area contributed by atoms with Crippen LogP contribution in [0.2, 0.25) is 0 Å². The van der Waals surface area contributed by atoms with E-state index >= 15 is 0 Å². The van der Waals surface area contributed by atoms with Crippen molar-refractivity contribution in [3.63, 3.8) is 0 Å². The van der Waals surface area contributed by atoms with Crippen molar-refractivity contribution in [1.29, 1.82) is 0 Å². The average molecular weight is 425 g/mol. The third-order valence-electron chi connectivity index (χ3n) is 5.02. The van der Waals surface area contributed by atoms with E-state index in [0.717, 1.165) is 19.1 Å². The van der Waals surface area contributed by atoms with E-state index < -0.39 is 16.1 Å². The van der Waals surface area contributed by atoms with Gasteiger partial charge in [-0.3, -0.25) is 4.79 Å². The molecular formula is C18H25FN6O3S. The van der Waals surface area contributed by atoms with Gasteiger partial charge in [-0.2, -0.15) is 0 Å². The van der Waals surface area contributed by atoms with Crippen molar-refractivity contribution in [2.45, 2.75) is 32.2 Å². The van der Waals surface area contributed by atoms with E-state index in [0.29, 0.717) is 31.0 Å². The van der Waals surface area contributed by atoms with Crippen LogP contribution in [0.4, 0.5) is 4.39 Å². The Kier molecular flexibility index (Phi) is 6.58. The van der Waals surface area contributed by atoms with Gasteiger partial charge in [0.05, 0.1) is 6.26 Å². The summed E-state index contributed by atoms with van der Waals surface area (Å²) in [6.45, 7) is 3.03. The molecule has 0 saturated carbocycles. The lowest BCUT2D eigenvalue weighted by atomic mass is 9.96. The highest BCUT2D eigenvalue weighted by molar-refractivity contribution is 7.88. The highest BCUT2D eigenvalue weighted by atomic mass is 32.2. The number of benzene rings is 1. The zero-order valence-electron chi connectivity index (χ0n) is 16.5. The number of carbonyl (C=O) groups is 1. The van der Waals surface area contributed by atoms with Crippen molar-refractivity contribution < 1.29 is 17.6 Å². The molecule has 2 aromatic rings. The largest absolute Gasteiger partial charge is 0.341 e. The van der Waals surface area contributed by atoms with Crippen LogP contribution >= 0.6 is 0 Å². The molecule has 1 aromatic heterocycles. The van der Waals surface area contributed by atoms with Gasteiger partial charge in [0.25, 0.3) is 0 Å². The fourth-order valence-electron chi connectivity index (χ4n) is 3.60. The van der Waals surface area contributed by atoms with Gasteiger partial charge in [0.2, 0.25) is 15.9 Å². The number of rotatable bonds is 7. The molecule has 1 fully saturated rings. The van der Waals surface area contributed by atoms with Gasteiger partial charge in [0, 0.05) is 26.1 Å². The number of aromatic nitrogens is 4. The number of sulfonamides is 1. The quantitative estimate of drug-likeness (QED) is 0.700. The second-order valence-electron chi connectivity index (χ2n) is 7.43. The molecule has 1 amide bonds. The van der Waals surface area contributed by atoms with Gasteiger partial charge >= 0.3 is 0 Å². The first-order chi connectivity index (χ1) is 13.7. The third-order valence-corrected chi connectivity index (χ3v) is 5.71. The molecule has 29 heavy (non-hydrogen) atoms. The number of hydrogen-bond donors (Lipinski definition) is 1. The number of halogens is 1. The molecule has 0 aliphatic carbocycles. The molecule has 2 unspecified atom stereocenters. The van der Waals surface area contributed by atoms with Gasteiger partial charge in [-0.15, -0.1) is 5.10 Å². The van der Waals surface area contributed by atoms with Crippen LogP contribution in [0.5, 0.6) is 0 Å². The molecule has 1 aliphatic heterocycles. The Morgan fingerprint density at radius 1 is 1.41 bits per heavy atom. The molecule has 2 atom stereocenters. The molecular weight excluding hydrogens is 399 g/mol.